The maximum absolute atomic E-state index is 11.9. The molecule has 134 valence electrons. The van der Waals surface area contributed by atoms with Crippen molar-refractivity contribution >= 4 is 12.0 Å². The smallest absolute Gasteiger partial charge is 0.317 e. The van der Waals surface area contributed by atoms with Gasteiger partial charge in [0.1, 0.15) is 0 Å². The van der Waals surface area contributed by atoms with Crippen molar-refractivity contribution in [2.75, 3.05) is 13.1 Å². The molecule has 23 heavy (non-hydrogen) atoms. The van der Waals surface area contributed by atoms with Crippen LogP contribution in [-0.4, -0.2) is 52.3 Å². The number of nitrogens with zero attached hydrogens (tertiary/aromatic N) is 1. The minimum Gasteiger partial charge on any atom is -0.481 e. The highest BCUT2D eigenvalue weighted by Crippen LogP contribution is 2.14. The summed E-state index contributed by atoms with van der Waals surface area (Å²) in [7, 11) is 0. The SMILES string of the molecule is CCCCC(O)CCN1CC(CCCCCCC(=O)O)NC1=O. The fourth-order valence-electron chi connectivity index (χ4n) is 2.93. The van der Waals surface area contributed by atoms with Crippen LogP contribution in [0.15, 0.2) is 0 Å². The summed E-state index contributed by atoms with van der Waals surface area (Å²) in [6.45, 7) is 3.44. The van der Waals surface area contributed by atoms with Gasteiger partial charge in [-0.3, -0.25) is 4.79 Å². The predicted octanol–water partition coefficient (Wildman–Crippen LogP) is 2.75. The molecule has 0 spiro atoms. The molecule has 0 aliphatic carbocycles. The maximum Gasteiger partial charge on any atom is 0.317 e. The molecule has 1 heterocycles. The average Bonchev–Trinajstić information content (AvgIpc) is 2.86. The van der Waals surface area contributed by atoms with Crippen LogP contribution in [0.3, 0.4) is 0 Å². The Labute approximate surface area is 139 Å². The van der Waals surface area contributed by atoms with Crippen LogP contribution >= 0.6 is 0 Å². The number of aliphatic carboxylic acids is 1. The van der Waals surface area contributed by atoms with Crippen molar-refractivity contribution < 1.29 is 19.8 Å². The summed E-state index contributed by atoms with van der Waals surface area (Å²) < 4.78 is 0. The van der Waals surface area contributed by atoms with Crippen LogP contribution in [0.1, 0.15) is 71.1 Å². The number of hydrogen-bond donors (Lipinski definition) is 3. The van der Waals surface area contributed by atoms with Gasteiger partial charge in [0.15, 0.2) is 0 Å². The largest absolute Gasteiger partial charge is 0.481 e. The fourth-order valence-corrected chi connectivity index (χ4v) is 2.93. The van der Waals surface area contributed by atoms with Gasteiger partial charge in [-0.05, 0) is 25.7 Å². The molecule has 2 unspecified atom stereocenters. The number of hydrogen-bond acceptors (Lipinski definition) is 3. The topological polar surface area (TPSA) is 89.9 Å². The molecule has 1 rings (SSSR count). The van der Waals surface area contributed by atoms with E-state index < -0.39 is 5.97 Å². The standard InChI is InChI=1S/C17H32N2O4/c1-2-3-9-15(20)11-12-19-13-14(18-17(19)23)8-6-4-5-7-10-16(21)22/h14-15,20H,2-13H2,1H3,(H,18,23)(H,21,22). The minimum absolute atomic E-state index is 0.0245. The number of rotatable bonds is 13. The monoisotopic (exact) mass is 328 g/mol. The Hall–Kier alpha value is -1.30. The van der Waals surface area contributed by atoms with E-state index in [0.29, 0.717) is 19.5 Å². The van der Waals surface area contributed by atoms with E-state index in [-0.39, 0.29) is 24.6 Å². The van der Waals surface area contributed by atoms with E-state index in [1.165, 1.54) is 0 Å². The molecule has 1 saturated heterocycles. The summed E-state index contributed by atoms with van der Waals surface area (Å²) in [6.07, 6.45) is 8.12. The van der Waals surface area contributed by atoms with E-state index in [9.17, 15) is 14.7 Å². The summed E-state index contributed by atoms with van der Waals surface area (Å²) in [5.74, 6) is -0.732. The van der Waals surface area contributed by atoms with Gasteiger partial charge in [0.05, 0.1) is 6.10 Å². The van der Waals surface area contributed by atoms with E-state index in [2.05, 4.69) is 12.2 Å². The lowest BCUT2D eigenvalue weighted by Crippen LogP contribution is -2.31. The molecule has 2 atom stereocenters. The predicted molar refractivity (Wildman–Crippen MR) is 89.4 cm³/mol. The van der Waals surface area contributed by atoms with Crippen molar-refractivity contribution in [1.29, 1.82) is 0 Å². The maximum atomic E-state index is 11.9. The third kappa shape index (κ3) is 8.79. The molecule has 1 fully saturated rings. The lowest BCUT2D eigenvalue weighted by Gasteiger charge is -2.17. The Morgan fingerprint density at radius 1 is 1.26 bits per heavy atom. The van der Waals surface area contributed by atoms with Crippen LogP contribution in [0.4, 0.5) is 4.79 Å². The van der Waals surface area contributed by atoms with Crippen molar-refractivity contribution in [2.45, 2.75) is 83.3 Å². The minimum atomic E-state index is -0.732. The molecule has 0 saturated carbocycles. The molecular formula is C17H32N2O4. The number of carboxylic acids is 1. The number of amides is 2. The second-order valence-electron chi connectivity index (χ2n) is 6.52. The second kappa shape index (κ2) is 11.3. The zero-order valence-electron chi connectivity index (χ0n) is 14.3. The highest BCUT2D eigenvalue weighted by Gasteiger charge is 2.28. The molecule has 0 aromatic heterocycles. The van der Waals surface area contributed by atoms with Crippen LogP contribution in [0.2, 0.25) is 0 Å². The van der Waals surface area contributed by atoms with Gasteiger partial charge in [0.25, 0.3) is 0 Å². The molecule has 0 radical (unpaired) electrons. The van der Waals surface area contributed by atoms with E-state index in [1.54, 1.807) is 4.90 Å². The Morgan fingerprint density at radius 3 is 2.70 bits per heavy atom. The molecule has 1 aliphatic heterocycles. The number of carbonyl (C=O) groups is 2. The van der Waals surface area contributed by atoms with Crippen LogP contribution in [0, 0.1) is 0 Å². The molecule has 6 heteroatoms. The van der Waals surface area contributed by atoms with Gasteiger partial charge in [0, 0.05) is 25.6 Å². The Bertz CT molecular complexity index is 363. The molecule has 2 amide bonds. The molecule has 0 bridgehead atoms. The molecule has 0 aromatic rings. The van der Waals surface area contributed by atoms with Gasteiger partial charge in [-0.1, -0.05) is 39.0 Å². The zero-order valence-corrected chi connectivity index (χ0v) is 14.3. The first-order chi connectivity index (χ1) is 11.0. The van der Waals surface area contributed by atoms with Gasteiger partial charge in [0.2, 0.25) is 0 Å². The number of nitrogens with one attached hydrogen (secondary N) is 1. The highest BCUT2D eigenvalue weighted by molar-refractivity contribution is 5.76. The summed E-state index contributed by atoms with van der Waals surface area (Å²) in [5.41, 5.74) is 0. The normalized spacial score (nSPS) is 19.0. The van der Waals surface area contributed by atoms with Gasteiger partial charge in [-0.2, -0.15) is 0 Å². The van der Waals surface area contributed by atoms with Crippen LogP contribution in [0.25, 0.3) is 0 Å². The van der Waals surface area contributed by atoms with E-state index in [0.717, 1.165) is 51.4 Å². The Kier molecular flexibility index (Phi) is 9.67. The number of urea groups is 1. The number of carboxylic acid groups (broad SMARTS) is 1. The van der Waals surface area contributed by atoms with E-state index in [4.69, 9.17) is 5.11 Å². The van der Waals surface area contributed by atoms with Crippen LogP contribution < -0.4 is 5.32 Å². The first-order valence-corrected chi connectivity index (χ1v) is 8.98. The third-order valence-electron chi connectivity index (χ3n) is 4.37. The fraction of sp³-hybridized carbons (Fsp3) is 0.882. The summed E-state index contributed by atoms with van der Waals surface area (Å²) in [4.78, 5) is 24.1. The molecule has 1 aliphatic rings. The lowest BCUT2D eigenvalue weighted by atomic mass is 10.1. The highest BCUT2D eigenvalue weighted by atomic mass is 16.4. The van der Waals surface area contributed by atoms with Crippen molar-refractivity contribution in [3.63, 3.8) is 0 Å². The van der Waals surface area contributed by atoms with Gasteiger partial charge in [-0.25, -0.2) is 4.79 Å². The lowest BCUT2D eigenvalue weighted by molar-refractivity contribution is -0.137. The van der Waals surface area contributed by atoms with Crippen molar-refractivity contribution in [3.05, 3.63) is 0 Å². The van der Waals surface area contributed by atoms with Gasteiger partial charge in [-0.15, -0.1) is 0 Å². The Morgan fingerprint density at radius 2 is 2.00 bits per heavy atom. The van der Waals surface area contributed by atoms with Crippen molar-refractivity contribution in [1.82, 2.24) is 10.2 Å². The van der Waals surface area contributed by atoms with Crippen molar-refractivity contribution in [2.24, 2.45) is 0 Å². The summed E-state index contributed by atoms with van der Waals surface area (Å²) in [5, 5.41) is 21.4. The number of carbonyl (C=O) groups excluding carboxylic acids is 1. The van der Waals surface area contributed by atoms with E-state index in [1.807, 2.05) is 0 Å². The van der Waals surface area contributed by atoms with Crippen LogP contribution in [-0.2, 0) is 4.79 Å². The molecular weight excluding hydrogens is 296 g/mol. The number of aliphatic hydroxyl groups excluding tert-OH is 1. The molecule has 6 nitrogen and oxygen atoms in total. The number of aliphatic hydroxyl groups is 1. The van der Waals surface area contributed by atoms with Gasteiger partial charge >= 0.3 is 12.0 Å². The van der Waals surface area contributed by atoms with E-state index >= 15 is 0 Å². The van der Waals surface area contributed by atoms with Crippen LogP contribution in [0.5, 0.6) is 0 Å². The third-order valence-corrected chi connectivity index (χ3v) is 4.37. The van der Waals surface area contributed by atoms with Gasteiger partial charge < -0.3 is 20.4 Å². The number of unbranched alkanes of at least 4 members (excludes halogenated alkanes) is 4. The molecule has 0 aromatic carbocycles. The molecule has 3 N–H and O–H groups in total. The second-order valence-corrected chi connectivity index (χ2v) is 6.52. The average molecular weight is 328 g/mol. The quantitative estimate of drug-likeness (QED) is 0.453. The zero-order chi connectivity index (χ0) is 17.1. The first-order valence-electron chi connectivity index (χ1n) is 8.98. The van der Waals surface area contributed by atoms with Crippen molar-refractivity contribution in [3.8, 4) is 0 Å². The summed E-state index contributed by atoms with van der Waals surface area (Å²) >= 11 is 0. The first kappa shape index (κ1) is 19.7. The summed E-state index contributed by atoms with van der Waals surface area (Å²) in [6, 6.07) is 0.165. The Balaban J connectivity index is 2.10.